The van der Waals surface area contributed by atoms with E-state index in [4.69, 9.17) is 23.7 Å². The molecule has 4 rings (SSSR count). The number of rotatable bonds is 5. The number of aliphatic carboxylic acids is 1. The summed E-state index contributed by atoms with van der Waals surface area (Å²) in [5, 5.41) is 68.6. The molecule has 0 saturated carbocycles. The number of carboxylic acid groups (broad SMARTS) is 1. The second kappa shape index (κ2) is 8.96. The van der Waals surface area contributed by atoms with Gasteiger partial charge < -0.3 is 54.4 Å². The summed E-state index contributed by atoms with van der Waals surface area (Å²) in [5.41, 5.74) is -0.859. The van der Waals surface area contributed by atoms with E-state index in [1.165, 1.54) is 13.2 Å². The molecule has 1 saturated heterocycles. The number of aliphatic hydroxyl groups excluding tert-OH is 3. The van der Waals surface area contributed by atoms with Crippen LogP contribution in [0.1, 0.15) is 0 Å². The van der Waals surface area contributed by atoms with Crippen LogP contribution in [-0.4, -0.2) is 79.5 Å². The Morgan fingerprint density at radius 1 is 0.943 bits per heavy atom. The molecule has 2 heterocycles. The first-order chi connectivity index (χ1) is 16.5. The Morgan fingerprint density at radius 2 is 1.66 bits per heavy atom. The molecule has 7 N–H and O–H groups in total. The molecule has 35 heavy (non-hydrogen) atoms. The van der Waals surface area contributed by atoms with Crippen LogP contribution in [0.15, 0.2) is 39.5 Å². The van der Waals surface area contributed by atoms with Gasteiger partial charge in [0, 0.05) is 17.7 Å². The molecule has 2 aromatic carbocycles. The van der Waals surface area contributed by atoms with Crippen LogP contribution in [0, 0.1) is 0 Å². The highest BCUT2D eigenvalue weighted by molar-refractivity contribution is 5.88. The third kappa shape index (κ3) is 4.17. The van der Waals surface area contributed by atoms with Crippen LogP contribution >= 0.6 is 0 Å². The lowest BCUT2D eigenvalue weighted by Gasteiger charge is -2.38. The lowest BCUT2D eigenvalue weighted by atomic mass is 9.99. The van der Waals surface area contributed by atoms with Gasteiger partial charge in [0.1, 0.15) is 40.8 Å². The summed E-state index contributed by atoms with van der Waals surface area (Å²) in [6.45, 7) is 0. The Bertz CT molecular complexity index is 1350. The van der Waals surface area contributed by atoms with Gasteiger partial charge in [-0.1, -0.05) is 0 Å². The van der Waals surface area contributed by atoms with E-state index in [9.17, 15) is 40.2 Å². The summed E-state index contributed by atoms with van der Waals surface area (Å²) in [7, 11) is 1.19. The average molecular weight is 492 g/mol. The summed E-state index contributed by atoms with van der Waals surface area (Å²) in [6.07, 6.45) is -9.40. The number of aliphatic hydroxyl groups is 3. The standard InChI is InChI=1S/C22H20O13/c1-32-19-14(26)13-11(25)5-8(33-22-17(29)15(27)16(28)20(35-22)21(30)31)6-12(13)34-18(19)7-2-3-9(23)10(24)4-7/h2-6,15-17,20,22-25,27-29H,1H3,(H,30,31)/t15-,16-,17?,20?,22+/m0/s1. The first-order valence-corrected chi connectivity index (χ1v) is 10.0. The van der Waals surface area contributed by atoms with Gasteiger partial charge in [-0.25, -0.2) is 4.79 Å². The number of carboxylic acids is 1. The van der Waals surface area contributed by atoms with E-state index in [1.54, 1.807) is 0 Å². The topological polar surface area (TPSA) is 217 Å². The number of phenolic OH excluding ortho intramolecular Hbond substituents is 3. The van der Waals surface area contributed by atoms with E-state index in [1.807, 2.05) is 0 Å². The highest BCUT2D eigenvalue weighted by Gasteiger charge is 2.48. The van der Waals surface area contributed by atoms with Crippen LogP contribution in [0.4, 0.5) is 0 Å². The molecule has 0 spiro atoms. The van der Waals surface area contributed by atoms with Crippen LogP contribution in [-0.2, 0) is 9.53 Å². The van der Waals surface area contributed by atoms with Gasteiger partial charge in [0.2, 0.25) is 17.5 Å². The fourth-order valence-electron chi connectivity index (χ4n) is 3.65. The minimum atomic E-state index is -1.93. The van der Waals surface area contributed by atoms with Crippen molar-refractivity contribution in [1.29, 1.82) is 0 Å². The van der Waals surface area contributed by atoms with Gasteiger partial charge in [-0.3, -0.25) is 4.79 Å². The molecule has 0 aliphatic carbocycles. The average Bonchev–Trinajstić information content (AvgIpc) is 2.80. The second-order valence-electron chi connectivity index (χ2n) is 7.67. The zero-order chi connectivity index (χ0) is 25.6. The molecule has 186 valence electrons. The largest absolute Gasteiger partial charge is 0.507 e. The monoisotopic (exact) mass is 492 g/mol. The molecule has 0 radical (unpaired) electrons. The Kier molecular flexibility index (Phi) is 6.17. The maximum absolute atomic E-state index is 13.0. The molecule has 1 aromatic heterocycles. The Hall–Kier alpha value is -4.04. The minimum Gasteiger partial charge on any atom is -0.507 e. The number of phenols is 3. The van der Waals surface area contributed by atoms with E-state index in [0.29, 0.717) is 0 Å². The van der Waals surface area contributed by atoms with Crippen LogP contribution in [0.2, 0.25) is 0 Å². The third-order valence-electron chi connectivity index (χ3n) is 5.41. The van der Waals surface area contributed by atoms with Crippen molar-refractivity contribution in [3.05, 3.63) is 40.6 Å². The first-order valence-electron chi connectivity index (χ1n) is 10.0. The molecule has 3 aromatic rings. The predicted molar refractivity (Wildman–Crippen MR) is 114 cm³/mol. The highest BCUT2D eigenvalue weighted by Crippen LogP contribution is 2.38. The molecule has 5 atom stereocenters. The van der Waals surface area contributed by atoms with E-state index in [2.05, 4.69) is 0 Å². The third-order valence-corrected chi connectivity index (χ3v) is 5.41. The van der Waals surface area contributed by atoms with Gasteiger partial charge in [-0.15, -0.1) is 0 Å². The summed E-state index contributed by atoms with van der Waals surface area (Å²) in [5.74, 6) is -3.86. The van der Waals surface area contributed by atoms with Gasteiger partial charge in [0.15, 0.2) is 23.4 Å². The first kappa shape index (κ1) is 24.1. The molecule has 1 aliphatic rings. The summed E-state index contributed by atoms with van der Waals surface area (Å²) >= 11 is 0. The van der Waals surface area contributed by atoms with Gasteiger partial charge in [0.05, 0.1) is 7.11 Å². The van der Waals surface area contributed by atoms with Crippen LogP contribution in [0.3, 0.4) is 0 Å². The van der Waals surface area contributed by atoms with Crippen molar-refractivity contribution in [2.45, 2.75) is 30.7 Å². The highest BCUT2D eigenvalue weighted by atomic mass is 16.7. The summed E-state index contributed by atoms with van der Waals surface area (Å²) in [6, 6.07) is 5.71. The van der Waals surface area contributed by atoms with Gasteiger partial charge in [-0.05, 0) is 18.2 Å². The van der Waals surface area contributed by atoms with E-state index in [-0.39, 0.29) is 33.8 Å². The predicted octanol–water partition coefficient (Wildman–Crippen LogP) is -0.144. The Morgan fingerprint density at radius 3 is 2.29 bits per heavy atom. The number of hydrogen-bond donors (Lipinski definition) is 7. The maximum Gasteiger partial charge on any atom is 0.335 e. The zero-order valence-corrected chi connectivity index (χ0v) is 17.9. The van der Waals surface area contributed by atoms with Crippen LogP contribution in [0.5, 0.6) is 28.7 Å². The SMILES string of the molecule is COc1c(-c2ccc(O)c(O)c2)oc2cc(O[C@@H]3OC(C(=O)O)[C@@H](O)[C@H](O)C3O)cc(O)c2c1=O. The smallest absolute Gasteiger partial charge is 0.335 e. The van der Waals surface area contributed by atoms with Crippen LogP contribution < -0.4 is 14.9 Å². The Balaban J connectivity index is 1.79. The zero-order valence-electron chi connectivity index (χ0n) is 17.9. The lowest BCUT2D eigenvalue weighted by Crippen LogP contribution is -2.61. The van der Waals surface area contributed by atoms with E-state index in [0.717, 1.165) is 24.3 Å². The Labute approximate surface area is 195 Å². The second-order valence-corrected chi connectivity index (χ2v) is 7.67. The molecule has 13 heteroatoms. The number of benzene rings is 2. The normalized spacial score (nSPS) is 24.3. The fraction of sp³-hybridized carbons (Fsp3) is 0.273. The van der Waals surface area contributed by atoms with Crippen molar-refractivity contribution in [1.82, 2.24) is 0 Å². The number of ether oxygens (including phenoxy) is 3. The molecule has 13 nitrogen and oxygen atoms in total. The van der Waals surface area contributed by atoms with Gasteiger partial charge >= 0.3 is 5.97 Å². The molecular weight excluding hydrogens is 472 g/mol. The minimum absolute atomic E-state index is 0.148. The molecule has 1 fully saturated rings. The van der Waals surface area contributed by atoms with Crippen molar-refractivity contribution in [2.24, 2.45) is 0 Å². The van der Waals surface area contributed by atoms with Crippen molar-refractivity contribution >= 4 is 16.9 Å². The van der Waals surface area contributed by atoms with Crippen molar-refractivity contribution < 1.29 is 59.2 Å². The number of fused-ring (bicyclic) bond motifs is 1. The van der Waals surface area contributed by atoms with E-state index >= 15 is 0 Å². The number of carbonyl (C=O) groups is 1. The number of methoxy groups -OCH3 is 1. The quantitative estimate of drug-likeness (QED) is 0.231. The molecular formula is C22H20O13. The van der Waals surface area contributed by atoms with Crippen molar-refractivity contribution in [3.8, 4) is 40.1 Å². The van der Waals surface area contributed by atoms with E-state index < -0.39 is 59.4 Å². The van der Waals surface area contributed by atoms with Gasteiger partial charge in [0.25, 0.3) is 0 Å². The lowest BCUT2D eigenvalue weighted by molar-refractivity contribution is -0.271. The van der Waals surface area contributed by atoms with Crippen LogP contribution in [0.25, 0.3) is 22.3 Å². The molecule has 2 unspecified atom stereocenters. The van der Waals surface area contributed by atoms with Crippen molar-refractivity contribution in [3.63, 3.8) is 0 Å². The fourth-order valence-corrected chi connectivity index (χ4v) is 3.65. The maximum atomic E-state index is 13.0. The van der Waals surface area contributed by atoms with Crippen molar-refractivity contribution in [2.75, 3.05) is 7.11 Å². The summed E-state index contributed by atoms with van der Waals surface area (Å²) < 4.78 is 21.3. The molecule has 0 amide bonds. The molecule has 1 aliphatic heterocycles. The summed E-state index contributed by atoms with van der Waals surface area (Å²) in [4.78, 5) is 24.3. The van der Waals surface area contributed by atoms with Gasteiger partial charge in [-0.2, -0.15) is 0 Å². The molecule has 0 bridgehead atoms. The number of aromatic hydroxyl groups is 3. The number of hydrogen-bond acceptors (Lipinski definition) is 12.